The van der Waals surface area contributed by atoms with E-state index in [4.69, 9.17) is 9.47 Å². The van der Waals surface area contributed by atoms with E-state index in [-0.39, 0.29) is 18.6 Å². The molecule has 2 heterocycles. The van der Waals surface area contributed by atoms with Gasteiger partial charge < -0.3 is 19.7 Å². The van der Waals surface area contributed by atoms with Crippen molar-refractivity contribution in [2.24, 2.45) is 0 Å². The van der Waals surface area contributed by atoms with Gasteiger partial charge in [0.25, 0.3) is 11.8 Å². The van der Waals surface area contributed by atoms with Crippen molar-refractivity contribution < 1.29 is 14.3 Å². The van der Waals surface area contributed by atoms with E-state index >= 15 is 0 Å². The van der Waals surface area contributed by atoms with Gasteiger partial charge in [0.15, 0.2) is 6.61 Å². The minimum atomic E-state index is -0.188. The Hall–Kier alpha value is -2.19. The molecule has 1 aromatic heterocycles. The smallest absolute Gasteiger partial charge is 0.271 e. The van der Waals surface area contributed by atoms with Crippen molar-refractivity contribution in [1.82, 2.24) is 14.1 Å². The van der Waals surface area contributed by atoms with Crippen molar-refractivity contribution in [3.05, 3.63) is 35.9 Å². The largest absolute Gasteiger partial charge is 0.464 e. The van der Waals surface area contributed by atoms with Crippen LogP contribution in [0.4, 0.5) is 5.82 Å². The van der Waals surface area contributed by atoms with E-state index in [0.29, 0.717) is 24.9 Å². The second-order valence-electron chi connectivity index (χ2n) is 5.48. The Morgan fingerprint density at radius 3 is 2.83 bits per heavy atom. The zero-order valence-corrected chi connectivity index (χ0v) is 14.3. The summed E-state index contributed by atoms with van der Waals surface area (Å²) in [6.07, 6.45) is 0. The summed E-state index contributed by atoms with van der Waals surface area (Å²) in [4.78, 5) is 14.2. The zero-order valence-electron chi connectivity index (χ0n) is 13.5. The molecule has 1 aliphatic rings. The first-order valence-electron chi connectivity index (χ1n) is 7.86. The van der Waals surface area contributed by atoms with Crippen LogP contribution in [0.2, 0.25) is 0 Å². The summed E-state index contributed by atoms with van der Waals surface area (Å²) in [5.41, 5.74) is 1.05. The Bertz CT molecular complexity index is 658. The van der Waals surface area contributed by atoms with Crippen LogP contribution in [0.3, 0.4) is 0 Å². The highest BCUT2D eigenvalue weighted by Gasteiger charge is 2.20. The lowest BCUT2D eigenvalue weighted by atomic mass is 10.1. The fourth-order valence-electron chi connectivity index (χ4n) is 2.48. The highest BCUT2D eigenvalue weighted by Crippen LogP contribution is 2.26. The molecule has 0 unspecified atom stereocenters. The van der Waals surface area contributed by atoms with Gasteiger partial charge in [-0.2, -0.15) is 4.37 Å². The molecule has 1 saturated heterocycles. The van der Waals surface area contributed by atoms with Gasteiger partial charge in [-0.05, 0) is 12.5 Å². The van der Waals surface area contributed by atoms with Gasteiger partial charge in [0.2, 0.25) is 5.82 Å². The number of hydrogen-bond donors (Lipinski definition) is 1. The predicted octanol–water partition coefficient (Wildman–Crippen LogP) is 1.63. The van der Waals surface area contributed by atoms with Crippen LogP contribution in [-0.2, 0) is 9.53 Å². The number of nitrogens with one attached hydrogen (secondary N) is 1. The molecule has 1 aromatic carbocycles. The third kappa shape index (κ3) is 4.21. The first-order valence-corrected chi connectivity index (χ1v) is 8.59. The van der Waals surface area contributed by atoms with Gasteiger partial charge in [-0.3, -0.25) is 4.79 Å². The van der Waals surface area contributed by atoms with Crippen LogP contribution in [-0.4, -0.2) is 47.6 Å². The molecule has 1 aliphatic heterocycles. The first-order chi connectivity index (χ1) is 11.7. The number of carbonyl (C=O) groups excluding carboxylic acids is 1. The van der Waals surface area contributed by atoms with E-state index in [9.17, 15) is 4.79 Å². The van der Waals surface area contributed by atoms with Crippen molar-refractivity contribution in [1.29, 1.82) is 0 Å². The molecule has 0 radical (unpaired) electrons. The number of anilines is 1. The Labute approximate surface area is 144 Å². The number of ether oxygens (including phenoxy) is 2. The number of amides is 1. The molecular formula is C16H20N4O3S. The summed E-state index contributed by atoms with van der Waals surface area (Å²) in [5, 5.41) is 2.92. The van der Waals surface area contributed by atoms with Gasteiger partial charge in [-0.25, -0.2) is 0 Å². The van der Waals surface area contributed by atoms with Crippen LogP contribution in [0.1, 0.15) is 18.5 Å². The van der Waals surface area contributed by atoms with Crippen LogP contribution in [0.15, 0.2) is 30.3 Å². The van der Waals surface area contributed by atoms with E-state index in [2.05, 4.69) is 19.0 Å². The molecule has 0 spiro atoms. The molecule has 0 saturated carbocycles. The number of carbonyl (C=O) groups is 1. The molecule has 128 valence electrons. The van der Waals surface area contributed by atoms with E-state index in [1.165, 1.54) is 0 Å². The Morgan fingerprint density at radius 2 is 2.08 bits per heavy atom. The maximum Gasteiger partial charge on any atom is 0.271 e. The van der Waals surface area contributed by atoms with Gasteiger partial charge in [0.05, 0.1) is 31.0 Å². The molecule has 1 amide bonds. The lowest BCUT2D eigenvalue weighted by Crippen LogP contribution is -2.37. The minimum Gasteiger partial charge on any atom is -0.464 e. The number of hydrogen-bond acceptors (Lipinski definition) is 7. The lowest BCUT2D eigenvalue weighted by Gasteiger charge is -2.26. The number of nitrogens with zero attached hydrogens (tertiary/aromatic N) is 3. The second kappa shape index (κ2) is 8.07. The molecule has 7 nitrogen and oxygen atoms in total. The average Bonchev–Trinajstić information content (AvgIpc) is 3.10. The van der Waals surface area contributed by atoms with E-state index < -0.39 is 0 Å². The first kappa shape index (κ1) is 16.7. The SMILES string of the molecule is C[C@H](NC(=O)COc1nsnc1N1CCOCC1)c1ccccc1. The van der Waals surface area contributed by atoms with Crippen LogP contribution in [0, 0.1) is 0 Å². The maximum absolute atomic E-state index is 12.1. The third-order valence-electron chi connectivity index (χ3n) is 3.77. The molecule has 24 heavy (non-hydrogen) atoms. The van der Waals surface area contributed by atoms with E-state index in [1.54, 1.807) is 0 Å². The van der Waals surface area contributed by atoms with Crippen LogP contribution in [0.25, 0.3) is 0 Å². The van der Waals surface area contributed by atoms with Crippen molar-refractivity contribution in [3.8, 4) is 5.88 Å². The fourth-order valence-corrected chi connectivity index (χ4v) is 3.00. The van der Waals surface area contributed by atoms with Gasteiger partial charge in [-0.1, -0.05) is 30.3 Å². The highest BCUT2D eigenvalue weighted by molar-refractivity contribution is 6.99. The number of aromatic nitrogens is 2. The monoisotopic (exact) mass is 348 g/mol. The predicted molar refractivity (Wildman–Crippen MR) is 91.4 cm³/mol. The summed E-state index contributed by atoms with van der Waals surface area (Å²) in [7, 11) is 0. The van der Waals surface area contributed by atoms with E-state index in [0.717, 1.165) is 30.4 Å². The third-order valence-corrected chi connectivity index (χ3v) is 4.27. The van der Waals surface area contributed by atoms with Gasteiger partial charge in [0.1, 0.15) is 0 Å². The number of benzene rings is 1. The Kier molecular flexibility index (Phi) is 5.60. The van der Waals surface area contributed by atoms with Crippen molar-refractivity contribution in [2.45, 2.75) is 13.0 Å². The standard InChI is InChI=1S/C16H20N4O3S/c1-12(13-5-3-2-4-6-13)17-14(21)11-23-16-15(18-24-19-16)20-7-9-22-10-8-20/h2-6,12H,7-11H2,1H3,(H,17,21)/t12-/m0/s1. The average molecular weight is 348 g/mol. The quantitative estimate of drug-likeness (QED) is 0.855. The van der Waals surface area contributed by atoms with Crippen molar-refractivity contribution in [3.63, 3.8) is 0 Å². The summed E-state index contributed by atoms with van der Waals surface area (Å²) < 4.78 is 19.3. The van der Waals surface area contributed by atoms with E-state index in [1.807, 2.05) is 37.3 Å². The highest BCUT2D eigenvalue weighted by atomic mass is 32.1. The molecule has 1 fully saturated rings. The maximum atomic E-state index is 12.1. The Morgan fingerprint density at radius 1 is 1.33 bits per heavy atom. The topological polar surface area (TPSA) is 76.6 Å². The summed E-state index contributed by atoms with van der Waals surface area (Å²) in [6, 6.07) is 9.73. The second-order valence-corrected chi connectivity index (χ2v) is 6.01. The Balaban J connectivity index is 1.52. The molecule has 2 aromatic rings. The summed E-state index contributed by atoms with van der Waals surface area (Å²) >= 11 is 1.08. The molecule has 8 heteroatoms. The summed E-state index contributed by atoms with van der Waals surface area (Å²) in [5.74, 6) is 0.906. The molecule has 0 aliphatic carbocycles. The zero-order chi connectivity index (χ0) is 16.8. The molecule has 1 N–H and O–H groups in total. The number of rotatable bonds is 6. The molecule has 3 rings (SSSR count). The van der Waals surface area contributed by atoms with Gasteiger partial charge in [-0.15, -0.1) is 4.37 Å². The molecular weight excluding hydrogens is 328 g/mol. The van der Waals surface area contributed by atoms with Gasteiger partial charge >= 0.3 is 0 Å². The normalized spacial score (nSPS) is 15.8. The molecule has 0 bridgehead atoms. The van der Waals surface area contributed by atoms with Crippen LogP contribution >= 0.6 is 11.7 Å². The van der Waals surface area contributed by atoms with Crippen LogP contribution < -0.4 is 15.0 Å². The van der Waals surface area contributed by atoms with Crippen LogP contribution in [0.5, 0.6) is 5.88 Å². The fraction of sp³-hybridized carbons (Fsp3) is 0.438. The van der Waals surface area contributed by atoms with Crippen molar-refractivity contribution in [2.75, 3.05) is 37.8 Å². The van der Waals surface area contributed by atoms with Crippen molar-refractivity contribution >= 4 is 23.5 Å². The number of morpholine rings is 1. The molecule has 1 atom stereocenters. The van der Waals surface area contributed by atoms with Gasteiger partial charge in [0, 0.05) is 13.1 Å². The summed E-state index contributed by atoms with van der Waals surface area (Å²) in [6.45, 7) is 4.67. The minimum absolute atomic E-state index is 0.0745. The lowest BCUT2D eigenvalue weighted by molar-refractivity contribution is -0.123.